The molecule has 0 aliphatic heterocycles. The predicted octanol–water partition coefficient (Wildman–Crippen LogP) is 2.22. The van der Waals surface area contributed by atoms with E-state index < -0.39 is 0 Å². The highest BCUT2D eigenvalue weighted by molar-refractivity contribution is 5.77. The molecule has 0 aromatic heterocycles. The molecule has 0 unspecified atom stereocenters. The summed E-state index contributed by atoms with van der Waals surface area (Å²) in [5.74, 6) is 1.41. The number of guanidine groups is 1. The molecule has 124 valence electrons. The fourth-order valence-corrected chi connectivity index (χ4v) is 1.89. The van der Waals surface area contributed by atoms with Crippen molar-refractivity contribution >= 4 is 5.96 Å². The third kappa shape index (κ3) is 8.52. The molecule has 22 heavy (non-hydrogen) atoms. The topological polar surface area (TPSA) is 62.9 Å². The van der Waals surface area contributed by atoms with Gasteiger partial charge in [0.05, 0.1) is 13.2 Å². The molecule has 1 aromatic carbocycles. The fraction of sp³-hybridized carbons (Fsp3) is 0.588. The minimum absolute atomic E-state index is 0.512. The zero-order valence-electron chi connectivity index (χ0n) is 14.1. The largest absolute Gasteiger partial charge is 0.494 e. The van der Waals surface area contributed by atoms with E-state index in [1.165, 1.54) is 0 Å². The van der Waals surface area contributed by atoms with Crippen LogP contribution in [0.5, 0.6) is 5.75 Å². The molecule has 0 bridgehead atoms. The second kappa shape index (κ2) is 10.9. The van der Waals surface area contributed by atoms with Crippen molar-refractivity contribution in [1.29, 1.82) is 0 Å². The highest BCUT2D eigenvalue weighted by Gasteiger charge is 1.97. The number of hydrogen-bond acceptors (Lipinski definition) is 3. The number of benzene rings is 1. The van der Waals surface area contributed by atoms with Crippen LogP contribution in [0, 0.1) is 0 Å². The molecule has 0 aliphatic carbocycles. The fourth-order valence-electron chi connectivity index (χ4n) is 1.89. The Balaban J connectivity index is 2.30. The zero-order valence-corrected chi connectivity index (χ0v) is 14.1. The lowest BCUT2D eigenvalue weighted by molar-refractivity contribution is 0.281. The Morgan fingerprint density at radius 1 is 1.23 bits per heavy atom. The molecule has 0 radical (unpaired) electrons. The van der Waals surface area contributed by atoms with Gasteiger partial charge in [0.25, 0.3) is 0 Å². The van der Waals surface area contributed by atoms with Crippen LogP contribution in [0.25, 0.3) is 0 Å². The molecular formula is C17H30N4O. The molecule has 0 heterocycles. The maximum atomic E-state index is 5.81. The molecule has 0 saturated carbocycles. The lowest BCUT2D eigenvalue weighted by Gasteiger charge is -2.10. The maximum absolute atomic E-state index is 5.81. The Morgan fingerprint density at radius 3 is 2.59 bits per heavy atom. The van der Waals surface area contributed by atoms with Gasteiger partial charge in [-0.2, -0.15) is 0 Å². The summed E-state index contributed by atoms with van der Waals surface area (Å²) in [6.45, 7) is 5.40. The van der Waals surface area contributed by atoms with E-state index in [-0.39, 0.29) is 0 Å². The average molecular weight is 306 g/mol. The summed E-state index contributed by atoms with van der Waals surface area (Å²) in [4.78, 5) is 6.48. The van der Waals surface area contributed by atoms with Gasteiger partial charge in [-0.05, 0) is 44.6 Å². The highest BCUT2D eigenvalue weighted by atomic mass is 16.5. The van der Waals surface area contributed by atoms with E-state index in [2.05, 4.69) is 36.2 Å². The van der Waals surface area contributed by atoms with Crippen LogP contribution in [0.15, 0.2) is 29.3 Å². The molecule has 5 nitrogen and oxygen atoms in total. The Hall–Kier alpha value is -1.75. The number of aliphatic imine (C=N–C) groups is 1. The summed E-state index contributed by atoms with van der Waals surface area (Å²) in [6, 6.07) is 8.04. The van der Waals surface area contributed by atoms with Crippen molar-refractivity contribution < 1.29 is 4.74 Å². The Morgan fingerprint density at radius 2 is 1.95 bits per heavy atom. The lowest BCUT2D eigenvalue weighted by atomic mass is 10.2. The molecule has 1 aromatic rings. The quantitative estimate of drug-likeness (QED) is 0.395. The van der Waals surface area contributed by atoms with Crippen LogP contribution >= 0.6 is 0 Å². The maximum Gasteiger partial charge on any atom is 0.188 e. The van der Waals surface area contributed by atoms with Gasteiger partial charge in [-0.1, -0.05) is 25.5 Å². The molecule has 0 amide bonds. The van der Waals surface area contributed by atoms with Crippen molar-refractivity contribution in [3.8, 4) is 5.75 Å². The van der Waals surface area contributed by atoms with E-state index in [9.17, 15) is 0 Å². The van der Waals surface area contributed by atoms with Gasteiger partial charge in [-0.15, -0.1) is 0 Å². The van der Waals surface area contributed by atoms with Gasteiger partial charge in [0, 0.05) is 13.1 Å². The van der Waals surface area contributed by atoms with Crippen molar-refractivity contribution in [3.63, 3.8) is 0 Å². The molecule has 3 N–H and O–H groups in total. The molecule has 0 spiro atoms. The molecular weight excluding hydrogens is 276 g/mol. The molecule has 1 rings (SSSR count). The van der Waals surface area contributed by atoms with Crippen molar-refractivity contribution in [3.05, 3.63) is 29.8 Å². The number of rotatable bonds is 10. The van der Waals surface area contributed by atoms with Crippen LogP contribution in [0.4, 0.5) is 0 Å². The van der Waals surface area contributed by atoms with Crippen LogP contribution in [0.1, 0.15) is 31.7 Å². The predicted molar refractivity (Wildman–Crippen MR) is 93.3 cm³/mol. The van der Waals surface area contributed by atoms with Crippen molar-refractivity contribution in [2.45, 2.75) is 32.7 Å². The number of nitrogens with one attached hydrogen (secondary N) is 1. The first kappa shape index (κ1) is 18.3. The van der Waals surface area contributed by atoms with Gasteiger partial charge in [0.1, 0.15) is 5.75 Å². The second-order valence-corrected chi connectivity index (χ2v) is 5.63. The van der Waals surface area contributed by atoms with Gasteiger partial charge in [0.15, 0.2) is 5.96 Å². The third-order valence-electron chi connectivity index (χ3n) is 3.21. The minimum Gasteiger partial charge on any atom is -0.494 e. The number of nitrogens with zero attached hydrogens (tertiary/aromatic N) is 2. The number of hydrogen-bond donors (Lipinski definition) is 2. The van der Waals surface area contributed by atoms with Crippen LogP contribution in [0.3, 0.4) is 0 Å². The Kier molecular flexibility index (Phi) is 9.07. The van der Waals surface area contributed by atoms with Gasteiger partial charge < -0.3 is 20.7 Å². The van der Waals surface area contributed by atoms with E-state index >= 15 is 0 Å². The summed E-state index contributed by atoms with van der Waals surface area (Å²) in [7, 11) is 4.14. The lowest BCUT2D eigenvalue weighted by Crippen LogP contribution is -2.32. The molecule has 5 heteroatoms. The third-order valence-corrected chi connectivity index (χ3v) is 3.21. The van der Waals surface area contributed by atoms with E-state index in [1.54, 1.807) is 0 Å². The van der Waals surface area contributed by atoms with Crippen molar-refractivity contribution in [2.24, 2.45) is 10.7 Å². The van der Waals surface area contributed by atoms with Crippen molar-refractivity contribution in [2.75, 3.05) is 33.8 Å². The molecule has 0 fully saturated rings. The number of unbranched alkanes of at least 4 members (excludes halogenated alkanes) is 1. The van der Waals surface area contributed by atoms with Crippen LogP contribution in [0.2, 0.25) is 0 Å². The molecule has 0 aliphatic rings. The average Bonchev–Trinajstić information content (AvgIpc) is 2.51. The zero-order chi connectivity index (χ0) is 16.2. The Labute approximate surface area is 134 Å². The van der Waals surface area contributed by atoms with E-state index in [1.807, 2.05) is 24.3 Å². The standard InChI is InChI=1S/C17H30N4O/c1-4-5-11-19-17(18)20-14-15-7-9-16(10-8-15)22-13-6-12-21(2)3/h7-10H,4-6,11-14H2,1-3H3,(H3,18,19,20). The first-order valence-electron chi connectivity index (χ1n) is 8.02. The smallest absolute Gasteiger partial charge is 0.188 e. The monoisotopic (exact) mass is 306 g/mol. The summed E-state index contributed by atoms with van der Waals surface area (Å²) < 4.78 is 5.70. The minimum atomic E-state index is 0.512. The number of nitrogens with two attached hydrogens (primary N) is 1. The highest BCUT2D eigenvalue weighted by Crippen LogP contribution is 2.13. The van der Waals surface area contributed by atoms with Gasteiger partial charge in [-0.3, -0.25) is 0 Å². The first-order valence-corrected chi connectivity index (χ1v) is 8.02. The van der Waals surface area contributed by atoms with Gasteiger partial charge >= 0.3 is 0 Å². The van der Waals surface area contributed by atoms with Gasteiger partial charge in [0.2, 0.25) is 0 Å². The van der Waals surface area contributed by atoms with E-state index in [4.69, 9.17) is 10.5 Å². The van der Waals surface area contributed by atoms with Crippen LogP contribution in [-0.2, 0) is 6.54 Å². The SMILES string of the molecule is CCCCNC(N)=NCc1ccc(OCCCN(C)C)cc1. The summed E-state index contributed by atoms with van der Waals surface area (Å²) in [5, 5.41) is 3.11. The molecule has 0 atom stereocenters. The molecule has 0 saturated heterocycles. The Bertz CT molecular complexity index is 429. The van der Waals surface area contributed by atoms with Crippen molar-refractivity contribution in [1.82, 2.24) is 10.2 Å². The number of ether oxygens (including phenoxy) is 1. The van der Waals surface area contributed by atoms with Gasteiger partial charge in [-0.25, -0.2) is 4.99 Å². The normalized spacial score (nSPS) is 11.7. The van der Waals surface area contributed by atoms with E-state index in [0.717, 1.165) is 50.3 Å². The summed E-state index contributed by atoms with van der Waals surface area (Å²) in [6.07, 6.45) is 3.28. The first-order chi connectivity index (χ1) is 10.6. The summed E-state index contributed by atoms with van der Waals surface area (Å²) >= 11 is 0. The second-order valence-electron chi connectivity index (χ2n) is 5.63. The summed E-state index contributed by atoms with van der Waals surface area (Å²) in [5.41, 5.74) is 6.93. The van der Waals surface area contributed by atoms with Crippen LogP contribution < -0.4 is 15.8 Å². The van der Waals surface area contributed by atoms with Crippen LogP contribution in [-0.4, -0.2) is 44.7 Å². The van der Waals surface area contributed by atoms with E-state index in [0.29, 0.717) is 12.5 Å².